The first kappa shape index (κ1) is 12.6. The van der Waals surface area contributed by atoms with Gasteiger partial charge in [-0.1, -0.05) is 23.8 Å². The number of methoxy groups -OCH3 is 1. The Kier molecular flexibility index (Phi) is 7.42. The van der Waals surface area contributed by atoms with Gasteiger partial charge < -0.3 is 9.53 Å². The van der Waals surface area contributed by atoms with Gasteiger partial charge in [0.15, 0.2) is 0 Å². The molecule has 0 aromatic rings. The van der Waals surface area contributed by atoms with Gasteiger partial charge >= 0.3 is 5.97 Å². The highest BCUT2D eigenvalue weighted by Crippen LogP contribution is 2.02. The molecule has 0 aliphatic heterocycles. The van der Waals surface area contributed by atoms with E-state index in [9.17, 15) is 9.59 Å². The van der Waals surface area contributed by atoms with Crippen LogP contribution in [0, 0.1) is 0 Å². The number of carbonyl (C=O) groups is 2. The topological polar surface area (TPSA) is 43.4 Å². The zero-order valence-corrected chi connectivity index (χ0v) is 8.66. The molecule has 0 saturated carbocycles. The summed E-state index contributed by atoms with van der Waals surface area (Å²) in [4.78, 5) is 20.7. The van der Waals surface area contributed by atoms with Crippen LogP contribution in [0.3, 0.4) is 0 Å². The van der Waals surface area contributed by atoms with Crippen LogP contribution in [0.4, 0.5) is 0 Å². The molecule has 3 nitrogen and oxygen atoms in total. The quantitative estimate of drug-likeness (QED) is 0.371. The van der Waals surface area contributed by atoms with Crippen molar-refractivity contribution in [3.8, 4) is 0 Å². The fraction of sp³-hybridized carbons (Fsp3) is 0.455. The Bertz CT molecular complexity index is 239. The molecule has 3 heteroatoms. The maximum atomic E-state index is 10.7. The van der Waals surface area contributed by atoms with E-state index in [1.807, 2.05) is 13.0 Å². The van der Waals surface area contributed by atoms with Crippen molar-refractivity contribution in [3.05, 3.63) is 23.8 Å². The average Bonchev–Trinajstić information content (AvgIpc) is 2.21. The molecule has 78 valence electrons. The van der Waals surface area contributed by atoms with Crippen LogP contribution in [0.2, 0.25) is 0 Å². The fourth-order valence-electron chi connectivity index (χ4n) is 0.850. The summed E-state index contributed by atoms with van der Waals surface area (Å²) in [5.74, 6) is -0.250. The second-order valence-electron chi connectivity index (χ2n) is 2.93. The molecule has 0 aromatic heterocycles. The Labute approximate surface area is 84.4 Å². The molecule has 0 aromatic carbocycles. The number of allylic oxidation sites excluding steroid dienone is 3. The molecule has 0 heterocycles. The lowest BCUT2D eigenvalue weighted by atomic mass is 10.1. The monoisotopic (exact) mass is 196 g/mol. The van der Waals surface area contributed by atoms with Crippen molar-refractivity contribution in [2.24, 2.45) is 0 Å². The third kappa shape index (κ3) is 7.28. The molecule has 14 heavy (non-hydrogen) atoms. The Morgan fingerprint density at radius 1 is 1.43 bits per heavy atom. The van der Waals surface area contributed by atoms with E-state index in [2.05, 4.69) is 4.74 Å². The number of esters is 1. The molecule has 0 aliphatic carbocycles. The van der Waals surface area contributed by atoms with E-state index in [0.29, 0.717) is 6.42 Å². The molecule has 0 bridgehead atoms. The summed E-state index contributed by atoms with van der Waals surface area (Å²) in [6.45, 7) is 1.95. The highest BCUT2D eigenvalue weighted by atomic mass is 16.5. The number of rotatable bonds is 6. The van der Waals surface area contributed by atoms with Crippen LogP contribution in [0.25, 0.3) is 0 Å². The standard InChI is InChI=1S/C11H16O3/c1-10(7-5-9-12)6-3-4-8-11(13)14-2/h3-4,6,9H,5,7-8H2,1-2H3/b4-3-,10-6+. The largest absolute Gasteiger partial charge is 0.469 e. The van der Waals surface area contributed by atoms with Gasteiger partial charge in [-0.3, -0.25) is 4.79 Å². The van der Waals surface area contributed by atoms with Gasteiger partial charge in [-0.2, -0.15) is 0 Å². The second kappa shape index (κ2) is 8.23. The van der Waals surface area contributed by atoms with Crippen molar-refractivity contribution < 1.29 is 14.3 Å². The van der Waals surface area contributed by atoms with E-state index in [0.717, 1.165) is 18.3 Å². The SMILES string of the molecule is COC(=O)C/C=C\C=C(/C)CCC=O. The minimum atomic E-state index is -0.250. The van der Waals surface area contributed by atoms with Gasteiger partial charge in [0, 0.05) is 6.42 Å². The van der Waals surface area contributed by atoms with Gasteiger partial charge in [0.2, 0.25) is 0 Å². The molecule has 0 spiro atoms. The summed E-state index contributed by atoms with van der Waals surface area (Å²) in [5, 5.41) is 0. The first-order valence-corrected chi connectivity index (χ1v) is 4.53. The van der Waals surface area contributed by atoms with Gasteiger partial charge in [-0.25, -0.2) is 0 Å². The molecule has 0 aliphatic rings. The van der Waals surface area contributed by atoms with E-state index in [-0.39, 0.29) is 12.4 Å². The first-order valence-electron chi connectivity index (χ1n) is 4.53. The first-order chi connectivity index (χ1) is 6.70. The third-order valence-corrected chi connectivity index (χ3v) is 1.69. The second-order valence-corrected chi connectivity index (χ2v) is 2.93. The highest BCUT2D eigenvalue weighted by Gasteiger charge is 1.92. The Balaban J connectivity index is 3.77. The Morgan fingerprint density at radius 3 is 2.71 bits per heavy atom. The van der Waals surface area contributed by atoms with Gasteiger partial charge in [0.25, 0.3) is 0 Å². The molecule has 0 radical (unpaired) electrons. The summed E-state index contributed by atoms with van der Waals surface area (Å²) in [5.41, 5.74) is 1.12. The summed E-state index contributed by atoms with van der Waals surface area (Å²) < 4.78 is 4.46. The van der Waals surface area contributed by atoms with E-state index in [1.165, 1.54) is 7.11 Å². The van der Waals surface area contributed by atoms with Crippen LogP contribution in [-0.4, -0.2) is 19.4 Å². The van der Waals surface area contributed by atoms with Gasteiger partial charge in [-0.05, 0) is 13.3 Å². The molecule has 0 saturated heterocycles. The van der Waals surface area contributed by atoms with Crippen LogP contribution in [-0.2, 0) is 14.3 Å². The summed E-state index contributed by atoms with van der Waals surface area (Å²) in [6, 6.07) is 0. The van der Waals surface area contributed by atoms with Crippen LogP contribution >= 0.6 is 0 Å². The van der Waals surface area contributed by atoms with Crippen molar-refractivity contribution in [1.82, 2.24) is 0 Å². The Hall–Kier alpha value is -1.38. The van der Waals surface area contributed by atoms with Crippen LogP contribution in [0.15, 0.2) is 23.8 Å². The number of hydrogen-bond donors (Lipinski definition) is 0. The van der Waals surface area contributed by atoms with E-state index >= 15 is 0 Å². The van der Waals surface area contributed by atoms with Crippen molar-refractivity contribution in [3.63, 3.8) is 0 Å². The molecule has 0 rings (SSSR count). The lowest BCUT2D eigenvalue weighted by Gasteiger charge is -1.93. The van der Waals surface area contributed by atoms with E-state index in [4.69, 9.17) is 0 Å². The van der Waals surface area contributed by atoms with E-state index < -0.39 is 0 Å². The number of ether oxygens (including phenoxy) is 1. The third-order valence-electron chi connectivity index (χ3n) is 1.69. The average molecular weight is 196 g/mol. The zero-order chi connectivity index (χ0) is 10.8. The molecule has 0 fully saturated rings. The van der Waals surface area contributed by atoms with Crippen LogP contribution in [0.1, 0.15) is 26.2 Å². The minimum Gasteiger partial charge on any atom is -0.469 e. The summed E-state index contributed by atoms with van der Waals surface area (Å²) >= 11 is 0. The molecule has 0 atom stereocenters. The number of hydrogen-bond acceptors (Lipinski definition) is 3. The maximum absolute atomic E-state index is 10.7. The van der Waals surface area contributed by atoms with Crippen molar-refractivity contribution in [2.45, 2.75) is 26.2 Å². The summed E-state index contributed by atoms with van der Waals surface area (Å²) in [7, 11) is 1.36. The molecule has 0 N–H and O–H groups in total. The maximum Gasteiger partial charge on any atom is 0.309 e. The molecular formula is C11H16O3. The number of carbonyl (C=O) groups excluding carboxylic acids is 2. The fourth-order valence-corrected chi connectivity index (χ4v) is 0.850. The van der Waals surface area contributed by atoms with Crippen molar-refractivity contribution in [1.29, 1.82) is 0 Å². The zero-order valence-electron chi connectivity index (χ0n) is 8.66. The predicted molar refractivity (Wildman–Crippen MR) is 54.8 cm³/mol. The smallest absolute Gasteiger partial charge is 0.309 e. The number of aldehydes is 1. The molecular weight excluding hydrogens is 180 g/mol. The predicted octanol–water partition coefficient (Wildman–Crippen LogP) is 2.03. The molecule has 0 unspecified atom stereocenters. The molecule has 0 amide bonds. The lowest BCUT2D eigenvalue weighted by Crippen LogP contribution is -1.96. The van der Waals surface area contributed by atoms with Gasteiger partial charge in [0.05, 0.1) is 13.5 Å². The van der Waals surface area contributed by atoms with Gasteiger partial charge in [-0.15, -0.1) is 0 Å². The minimum absolute atomic E-state index is 0.250. The van der Waals surface area contributed by atoms with Gasteiger partial charge in [0.1, 0.15) is 6.29 Å². The Morgan fingerprint density at radius 2 is 2.14 bits per heavy atom. The van der Waals surface area contributed by atoms with E-state index in [1.54, 1.807) is 12.2 Å². The normalized spacial score (nSPS) is 11.7. The lowest BCUT2D eigenvalue weighted by molar-refractivity contribution is -0.139. The summed E-state index contributed by atoms with van der Waals surface area (Å²) in [6.07, 6.45) is 7.93. The highest BCUT2D eigenvalue weighted by molar-refractivity contribution is 5.70. The van der Waals surface area contributed by atoms with Crippen molar-refractivity contribution in [2.75, 3.05) is 7.11 Å². The van der Waals surface area contributed by atoms with Crippen molar-refractivity contribution >= 4 is 12.3 Å². The van der Waals surface area contributed by atoms with Crippen LogP contribution < -0.4 is 0 Å². The van der Waals surface area contributed by atoms with Crippen LogP contribution in [0.5, 0.6) is 0 Å².